The van der Waals surface area contributed by atoms with Crippen LogP contribution in [-0.4, -0.2) is 11.7 Å². The topological polar surface area (TPSA) is 79.0 Å². The predicted molar refractivity (Wildman–Crippen MR) is 61.1 cm³/mol. The third-order valence-corrected chi connectivity index (χ3v) is 2.23. The van der Waals surface area contributed by atoms with Crippen molar-refractivity contribution >= 4 is 17.4 Å². The van der Waals surface area contributed by atoms with Crippen molar-refractivity contribution in [2.75, 3.05) is 5.32 Å². The number of hydrogen-bond donors (Lipinski definition) is 3. The minimum Gasteiger partial charge on any atom is -0.387 e. The number of carbonyl (C=O) groups excluding carboxylic acids is 1. The normalized spacial score (nSPS) is 9.73. The second kappa shape index (κ2) is 4.59. The van der Waals surface area contributed by atoms with Crippen molar-refractivity contribution in [2.24, 2.45) is 5.73 Å². The third-order valence-electron chi connectivity index (χ3n) is 2.23. The van der Waals surface area contributed by atoms with Gasteiger partial charge in [-0.1, -0.05) is 12.1 Å². The van der Waals surface area contributed by atoms with Gasteiger partial charge in [-0.2, -0.15) is 0 Å². The number of amidine groups is 1. The van der Waals surface area contributed by atoms with Gasteiger partial charge in [0, 0.05) is 5.69 Å². The number of aryl methyl sites for hydroxylation is 1. The van der Waals surface area contributed by atoms with Gasteiger partial charge in [-0.15, -0.1) is 0 Å². The van der Waals surface area contributed by atoms with Crippen molar-refractivity contribution < 1.29 is 4.79 Å². The van der Waals surface area contributed by atoms with Crippen LogP contribution in [0.4, 0.5) is 5.69 Å². The molecule has 1 rings (SSSR count). The average molecular weight is 205 g/mol. The first kappa shape index (κ1) is 11.2. The highest BCUT2D eigenvalue weighted by atomic mass is 16.1. The Morgan fingerprint density at radius 2 is 2.13 bits per heavy atom. The molecule has 1 aromatic rings. The molecule has 0 bridgehead atoms. The van der Waals surface area contributed by atoms with Crippen LogP contribution in [0.2, 0.25) is 0 Å². The Morgan fingerprint density at radius 1 is 1.47 bits per heavy atom. The first-order chi connectivity index (χ1) is 7.00. The van der Waals surface area contributed by atoms with Crippen LogP contribution in [0.5, 0.6) is 0 Å². The van der Waals surface area contributed by atoms with Crippen LogP contribution in [0.1, 0.15) is 17.5 Å². The molecule has 0 atom stereocenters. The first-order valence-corrected chi connectivity index (χ1v) is 4.69. The molecule has 0 unspecified atom stereocenters. The van der Waals surface area contributed by atoms with Crippen molar-refractivity contribution in [1.29, 1.82) is 5.41 Å². The largest absolute Gasteiger partial charge is 0.387 e. The molecule has 4 nitrogen and oxygen atoms in total. The number of carbonyl (C=O) groups is 1. The fraction of sp³-hybridized carbons (Fsp3) is 0.273. The molecule has 0 saturated carbocycles. The molecule has 0 heterocycles. The summed E-state index contributed by atoms with van der Waals surface area (Å²) in [6.07, 6.45) is -0.0621. The fourth-order valence-electron chi connectivity index (χ4n) is 1.25. The van der Waals surface area contributed by atoms with Gasteiger partial charge in [0.05, 0.1) is 6.42 Å². The molecule has 15 heavy (non-hydrogen) atoms. The van der Waals surface area contributed by atoms with Crippen molar-refractivity contribution in [3.05, 3.63) is 29.3 Å². The predicted octanol–water partition coefficient (Wildman–Crippen LogP) is 1.57. The first-order valence-electron chi connectivity index (χ1n) is 4.69. The molecule has 0 spiro atoms. The van der Waals surface area contributed by atoms with E-state index in [2.05, 4.69) is 5.32 Å². The van der Waals surface area contributed by atoms with Gasteiger partial charge in [0.15, 0.2) is 0 Å². The lowest BCUT2D eigenvalue weighted by Gasteiger charge is -2.09. The van der Waals surface area contributed by atoms with Crippen LogP contribution < -0.4 is 11.1 Å². The summed E-state index contributed by atoms with van der Waals surface area (Å²) in [4.78, 5) is 11.4. The van der Waals surface area contributed by atoms with Crippen LogP contribution >= 0.6 is 0 Å². The number of nitrogens with two attached hydrogens (primary N) is 1. The highest BCUT2D eigenvalue weighted by molar-refractivity contribution is 6.04. The van der Waals surface area contributed by atoms with Gasteiger partial charge in [-0.25, -0.2) is 0 Å². The Bertz CT molecular complexity index is 399. The van der Waals surface area contributed by atoms with Gasteiger partial charge in [0.25, 0.3) is 0 Å². The standard InChI is InChI=1S/C11H15N3O/c1-7-4-3-5-9(8(7)2)14-11(15)6-10(12)13/h3-5H,6H2,1-2H3,(H3,12,13)(H,14,15). The molecule has 1 amide bonds. The van der Waals surface area contributed by atoms with E-state index < -0.39 is 0 Å². The van der Waals surface area contributed by atoms with Gasteiger partial charge >= 0.3 is 0 Å². The zero-order valence-corrected chi connectivity index (χ0v) is 8.92. The van der Waals surface area contributed by atoms with Crippen molar-refractivity contribution in [3.63, 3.8) is 0 Å². The van der Waals surface area contributed by atoms with Gasteiger partial charge in [-0.3, -0.25) is 10.2 Å². The van der Waals surface area contributed by atoms with E-state index in [1.54, 1.807) is 0 Å². The Labute approximate surface area is 89.0 Å². The summed E-state index contributed by atoms with van der Waals surface area (Å²) >= 11 is 0. The number of rotatable bonds is 3. The molecule has 0 fully saturated rings. The van der Waals surface area contributed by atoms with Gasteiger partial charge in [-0.05, 0) is 31.0 Å². The maximum Gasteiger partial charge on any atom is 0.231 e. The number of anilines is 1. The number of nitrogens with one attached hydrogen (secondary N) is 2. The maximum absolute atomic E-state index is 11.4. The van der Waals surface area contributed by atoms with Crippen LogP contribution in [0.25, 0.3) is 0 Å². The van der Waals surface area contributed by atoms with E-state index >= 15 is 0 Å². The van der Waals surface area contributed by atoms with Crippen LogP contribution in [0.3, 0.4) is 0 Å². The van der Waals surface area contributed by atoms with E-state index in [4.69, 9.17) is 11.1 Å². The van der Waals surface area contributed by atoms with Crippen molar-refractivity contribution in [2.45, 2.75) is 20.3 Å². The Morgan fingerprint density at radius 3 is 2.73 bits per heavy atom. The molecule has 4 N–H and O–H groups in total. The zero-order valence-electron chi connectivity index (χ0n) is 8.92. The van der Waals surface area contributed by atoms with Crippen molar-refractivity contribution in [1.82, 2.24) is 0 Å². The molecule has 80 valence electrons. The minimum atomic E-state index is -0.254. The number of hydrogen-bond acceptors (Lipinski definition) is 2. The lowest BCUT2D eigenvalue weighted by Crippen LogP contribution is -2.21. The monoisotopic (exact) mass is 205 g/mol. The summed E-state index contributed by atoms with van der Waals surface area (Å²) < 4.78 is 0. The molecule has 0 aliphatic rings. The maximum atomic E-state index is 11.4. The van der Waals surface area contributed by atoms with Gasteiger partial charge in [0.2, 0.25) is 5.91 Å². The summed E-state index contributed by atoms with van der Waals surface area (Å²) in [5.74, 6) is -0.381. The van der Waals surface area contributed by atoms with Crippen LogP contribution in [0, 0.1) is 19.3 Å². The summed E-state index contributed by atoms with van der Waals surface area (Å²) in [6, 6.07) is 5.70. The molecule has 4 heteroatoms. The number of amides is 1. The van der Waals surface area contributed by atoms with E-state index in [0.717, 1.165) is 16.8 Å². The fourth-order valence-corrected chi connectivity index (χ4v) is 1.25. The minimum absolute atomic E-state index is 0.0621. The highest BCUT2D eigenvalue weighted by Gasteiger charge is 2.06. The van der Waals surface area contributed by atoms with Gasteiger partial charge < -0.3 is 11.1 Å². The molecule has 0 saturated heterocycles. The Balaban J connectivity index is 2.77. The van der Waals surface area contributed by atoms with Crippen molar-refractivity contribution in [3.8, 4) is 0 Å². The lowest BCUT2D eigenvalue weighted by atomic mass is 10.1. The third kappa shape index (κ3) is 3.09. The highest BCUT2D eigenvalue weighted by Crippen LogP contribution is 2.17. The average Bonchev–Trinajstić information content (AvgIpc) is 2.11. The quantitative estimate of drug-likeness (QED) is 0.517. The van der Waals surface area contributed by atoms with Crippen LogP contribution in [0.15, 0.2) is 18.2 Å². The van der Waals surface area contributed by atoms with E-state index in [1.165, 1.54) is 0 Å². The van der Waals surface area contributed by atoms with Crippen LogP contribution in [-0.2, 0) is 4.79 Å². The number of benzene rings is 1. The molecule has 1 aromatic carbocycles. The summed E-state index contributed by atoms with van der Waals surface area (Å²) in [5.41, 5.74) is 8.07. The Hall–Kier alpha value is -1.84. The molecule has 0 aliphatic heterocycles. The second-order valence-corrected chi connectivity index (χ2v) is 3.50. The van der Waals surface area contributed by atoms with Gasteiger partial charge in [0.1, 0.15) is 5.84 Å². The molecular weight excluding hydrogens is 190 g/mol. The molecular formula is C11H15N3O. The van der Waals surface area contributed by atoms with E-state index in [1.807, 2.05) is 32.0 Å². The molecule has 0 aromatic heterocycles. The van der Waals surface area contributed by atoms with E-state index in [9.17, 15) is 4.79 Å². The zero-order chi connectivity index (χ0) is 11.4. The lowest BCUT2D eigenvalue weighted by molar-refractivity contribution is -0.115. The Kier molecular flexibility index (Phi) is 3.44. The SMILES string of the molecule is Cc1cccc(NC(=O)CC(=N)N)c1C. The van der Waals surface area contributed by atoms with E-state index in [-0.39, 0.29) is 18.2 Å². The smallest absolute Gasteiger partial charge is 0.231 e. The van der Waals surface area contributed by atoms with E-state index in [0.29, 0.717) is 0 Å². The molecule has 0 radical (unpaired) electrons. The summed E-state index contributed by atoms with van der Waals surface area (Å²) in [7, 11) is 0. The summed E-state index contributed by atoms with van der Waals surface area (Å²) in [6.45, 7) is 3.93. The second-order valence-electron chi connectivity index (χ2n) is 3.50. The summed E-state index contributed by atoms with van der Waals surface area (Å²) in [5, 5.41) is 9.73. The molecule has 0 aliphatic carbocycles.